The lowest BCUT2D eigenvalue weighted by Gasteiger charge is -2.29. The van der Waals surface area contributed by atoms with Gasteiger partial charge in [-0.05, 0) is 50.4 Å². The van der Waals surface area contributed by atoms with E-state index in [0.717, 1.165) is 50.2 Å². The number of carbonyl (C=O) groups is 1. The van der Waals surface area contributed by atoms with E-state index in [0.29, 0.717) is 19.6 Å². The first-order chi connectivity index (χ1) is 11.2. The Labute approximate surface area is 138 Å². The first-order valence-corrected chi connectivity index (χ1v) is 8.56. The van der Waals surface area contributed by atoms with Gasteiger partial charge in [0, 0.05) is 19.6 Å². The fourth-order valence-corrected chi connectivity index (χ4v) is 2.83. The quantitative estimate of drug-likeness (QED) is 0.714. The highest BCUT2D eigenvalue weighted by atomic mass is 16.5. The fraction of sp³-hybridized carbons (Fsp3) is 0.611. The van der Waals surface area contributed by atoms with Gasteiger partial charge in [-0.25, -0.2) is 0 Å². The van der Waals surface area contributed by atoms with Crippen molar-refractivity contribution in [3.8, 4) is 5.75 Å². The predicted octanol–water partition coefficient (Wildman–Crippen LogP) is 1.59. The summed E-state index contributed by atoms with van der Waals surface area (Å²) in [7, 11) is 0. The van der Waals surface area contributed by atoms with Crippen molar-refractivity contribution in [2.45, 2.75) is 38.7 Å². The zero-order valence-electron chi connectivity index (χ0n) is 14.0. The molecule has 23 heavy (non-hydrogen) atoms. The van der Waals surface area contributed by atoms with E-state index in [9.17, 15) is 9.90 Å². The van der Waals surface area contributed by atoms with Crippen LogP contribution in [0.2, 0.25) is 0 Å². The van der Waals surface area contributed by atoms with E-state index in [2.05, 4.69) is 10.2 Å². The number of hydrogen-bond acceptors (Lipinski definition) is 4. The summed E-state index contributed by atoms with van der Waals surface area (Å²) in [6.45, 7) is 6.17. The van der Waals surface area contributed by atoms with Crippen LogP contribution < -0.4 is 10.1 Å². The first-order valence-electron chi connectivity index (χ1n) is 8.56. The van der Waals surface area contributed by atoms with Gasteiger partial charge in [0.05, 0.1) is 19.1 Å². The van der Waals surface area contributed by atoms with E-state index >= 15 is 0 Å². The van der Waals surface area contributed by atoms with Gasteiger partial charge in [-0.15, -0.1) is 0 Å². The van der Waals surface area contributed by atoms with Gasteiger partial charge in [0.25, 0.3) is 0 Å². The molecule has 128 valence electrons. The largest absolute Gasteiger partial charge is 0.494 e. The van der Waals surface area contributed by atoms with Gasteiger partial charge < -0.3 is 20.1 Å². The van der Waals surface area contributed by atoms with Crippen molar-refractivity contribution in [1.82, 2.24) is 10.2 Å². The summed E-state index contributed by atoms with van der Waals surface area (Å²) in [4.78, 5) is 14.3. The molecule has 1 fully saturated rings. The number of hydrogen-bond donors (Lipinski definition) is 2. The van der Waals surface area contributed by atoms with Crippen LogP contribution in [0.5, 0.6) is 5.75 Å². The summed E-state index contributed by atoms with van der Waals surface area (Å²) in [6.07, 6.45) is 2.93. The summed E-state index contributed by atoms with van der Waals surface area (Å²) < 4.78 is 5.45. The second kappa shape index (κ2) is 9.53. The standard InChI is InChI=1S/C18H28N2O3/c1-2-23-17-6-3-5-15(13-17)14-18(22)19-9-4-10-20-11-7-16(21)8-12-20/h3,5-6,13,16,21H,2,4,7-12,14H2,1H3,(H,19,22). The lowest BCUT2D eigenvalue weighted by molar-refractivity contribution is -0.120. The maximum atomic E-state index is 12.0. The molecule has 0 aliphatic carbocycles. The molecule has 0 unspecified atom stereocenters. The average molecular weight is 320 g/mol. The van der Waals surface area contributed by atoms with Crippen molar-refractivity contribution in [1.29, 1.82) is 0 Å². The third-order valence-corrected chi connectivity index (χ3v) is 4.10. The van der Waals surface area contributed by atoms with Crippen LogP contribution in [0.25, 0.3) is 0 Å². The van der Waals surface area contributed by atoms with Gasteiger partial charge in [0.15, 0.2) is 0 Å². The van der Waals surface area contributed by atoms with Crippen molar-refractivity contribution >= 4 is 5.91 Å². The Balaban J connectivity index is 1.62. The molecule has 0 atom stereocenters. The van der Waals surface area contributed by atoms with Gasteiger partial charge in [-0.1, -0.05) is 12.1 Å². The molecule has 1 aromatic rings. The summed E-state index contributed by atoms with van der Waals surface area (Å²) >= 11 is 0. The molecular weight excluding hydrogens is 292 g/mol. The van der Waals surface area contributed by atoms with Gasteiger partial charge >= 0.3 is 0 Å². The monoisotopic (exact) mass is 320 g/mol. The van der Waals surface area contributed by atoms with Crippen LogP contribution in [-0.4, -0.2) is 54.8 Å². The van der Waals surface area contributed by atoms with Crippen molar-refractivity contribution in [3.63, 3.8) is 0 Å². The van der Waals surface area contributed by atoms with Crippen molar-refractivity contribution in [3.05, 3.63) is 29.8 Å². The number of nitrogens with one attached hydrogen (secondary N) is 1. The maximum Gasteiger partial charge on any atom is 0.224 e. The van der Waals surface area contributed by atoms with Crippen molar-refractivity contribution in [2.24, 2.45) is 0 Å². The number of ether oxygens (including phenoxy) is 1. The number of likely N-dealkylation sites (tertiary alicyclic amines) is 1. The minimum Gasteiger partial charge on any atom is -0.494 e. The number of nitrogens with zero attached hydrogens (tertiary/aromatic N) is 1. The van der Waals surface area contributed by atoms with E-state index in [4.69, 9.17) is 4.74 Å². The number of aliphatic hydroxyl groups is 1. The van der Waals surface area contributed by atoms with Crippen LogP contribution in [0.3, 0.4) is 0 Å². The number of benzene rings is 1. The van der Waals surface area contributed by atoms with Crippen LogP contribution in [0.1, 0.15) is 31.7 Å². The second-order valence-corrected chi connectivity index (χ2v) is 6.03. The Morgan fingerprint density at radius 3 is 2.91 bits per heavy atom. The highest BCUT2D eigenvalue weighted by Gasteiger charge is 2.16. The topological polar surface area (TPSA) is 61.8 Å². The second-order valence-electron chi connectivity index (χ2n) is 6.03. The minimum absolute atomic E-state index is 0.0488. The van der Waals surface area contributed by atoms with E-state index in [-0.39, 0.29) is 12.0 Å². The molecule has 1 amide bonds. The fourth-order valence-electron chi connectivity index (χ4n) is 2.83. The summed E-state index contributed by atoms with van der Waals surface area (Å²) in [5.74, 6) is 0.859. The first kappa shape index (κ1) is 17.8. The Bertz CT molecular complexity index is 485. The Morgan fingerprint density at radius 2 is 2.17 bits per heavy atom. The highest BCUT2D eigenvalue weighted by molar-refractivity contribution is 5.78. The average Bonchev–Trinajstić information content (AvgIpc) is 2.54. The van der Waals surface area contributed by atoms with Crippen molar-refractivity contribution in [2.75, 3.05) is 32.8 Å². The van der Waals surface area contributed by atoms with E-state index in [1.54, 1.807) is 0 Å². The number of carbonyl (C=O) groups excluding carboxylic acids is 1. The number of rotatable bonds is 8. The molecule has 1 aromatic carbocycles. The molecule has 1 aliphatic rings. The zero-order valence-corrected chi connectivity index (χ0v) is 14.0. The number of aliphatic hydroxyl groups excluding tert-OH is 1. The Hall–Kier alpha value is -1.59. The summed E-state index contributed by atoms with van der Waals surface area (Å²) in [6, 6.07) is 7.68. The summed E-state index contributed by atoms with van der Waals surface area (Å²) in [5.41, 5.74) is 0.971. The molecule has 5 heteroatoms. The zero-order chi connectivity index (χ0) is 16.5. The molecule has 5 nitrogen and oxygen atoms in total. The van der Waals surface area contributed by atoms with Crippen LogP contribution in [0, 0.1) is 0 Å². The normalized spacial score (nSPS) is 16.3. The maximum absolute atomic E-state index is 12.0. The van der Waals surface area contributed by atoms with E-state index in [1.807, 2.05) is 31.2 Å². The van der Waals surface area contributed by atoms with Crippen LogP contribution in [0.15, 0.2) is 24.3 Å². The lowest BCUT2D eigenvalue weighted by Crippen LogP contribution is -2.37. The molecule has 2 rings (SSSR count). The van der Waals surface area contributed by atoms with Crippen LogP contribution >= 0.6 is 0 Å². The Kier molecular flexibility index (Phi) is 7.36. The molecule has 1 saturated heterocycles. The minimum atomic E-state index is -0.126. The molecule has 0 saturated carbocycles. The summed E-state index contributed by atoms with van der Waals surface area (Å²) in [5, 5.41) is 12.4. The van der Waals surface area contributed by atoms with Crippen LogP contribution in [0.4, 0.5) is 0 Å². The van der Waals surface area contributed by atoms with E-state index in [1.165, 1.54) is 0 Å². The van der Waals surface area contributed by atoms with Gasteiger partial charge in [0.1, 0.15) is 5.75 Å². The molecule has 1 aliphatic heterocycles. The van der Waals surface area contributed by atoms with Crippen molar-refractivity contribution < 1.29 is 14.6 Å². The third-order valence-electron chi connectivity index (χ3n) is 4.10. The molecule has 0 radical (unpaired) electrons. The SMILES string of the molecule is CCOc1cccc(CC(=O)NCCCN2CCC(O)CC2)c1. The molecular formula is C18H28N2O3. The number of piperidine rings is 1. The number of amides is 1. The van der Waals surface area contributed by atoms with Gasteiger partial charge in [0.2, 0.25) is 5.91 Å². The predicted molar refractivity (Wildman–Crippen MR) is 90.6 cm³/mol. The smallest absolute Gasteiger partial charge is 0.224 e. The molecule has 0 spiro atoms. The Morgan fingerprint density at radius 1 is 1.39 bits per heavy atom. The third kappa shape index (κ3) is 6.59. The van der Waals surface area contributed by atoms with Gasteiger partial charge in [-0.2, -0.15) is 0 Å². The van der Waals surface area contributed by atoms with E-state index < -0.39 is 0 Å². The lowest BCUT2D eigenvalue weighted by atomic mass is 10.1. The van der Waals surface area contributed by atoms with Crippen LogP contribution in [-0.2, 0) is 11.2 Å². The molecule has 1 heterocycles. The van der Waals surface area contributed by atoms with Gasteiger partial charge in [-0.3, -0.25) is 4.79 Å². The molecule has 0 bridgehead atoms. The molecule has 0 aromatic heterocycles. The highest BCUT2D eigenvalue weighted by Crippen LogP contribution is 2.13. The molecule has 2 N–H and O–H groups in total.